The molecule has 66 valence electrons. The molecule has 0 fully saturated rings. The lowest BCUT2D eigenvalue weighted by atomic mass is 9.87. The summed E-state index contributed by atoms with van der Waals surface area (Å²) in [6, 6.07) is 0. The molecule has 0 saturated heterocycles. The summed E-state index contributed by atoms with van der Waals surface area (Å²) in [6.07, 6.45) is 1.34. The van der Waals surface area contributed by atoms with Crippen molar-refractivity contribution in [3.8, 4) is 0 Å². The third-order valence-electron chi connectivity index (χ3n) is 1.94. The van der Waals surface area contributed by atoms with Crippen LogP contribution in [-0.4, -0.2) is 12.4 Å². The molecule has 11 heavy (non-hydrogen) atoms. The lowest BCUT2D eigenvalue weighted by Gasteiger charge is -2.30. The van der Waals surface area contributed by atoms with Gasteiger partial charge in [0.15, 0.2) is 7.12 Å². The fourth-order valence-electron chi connectivity index (χ4n) is 1.23. The number of hydrogen-bond acceptors (Lipinski definition) is 1. The van der Waals surface area contributed by atoms with Crippen molar-refractivity contribution in [2.24, 2.45) is 11.3 Å². The van der Waals surface area contributed by atoms with Gasteiger partial charge in [-0.2, -0.15) is 0 Å². The van der Waals surface area contributed by atoms with E-state index < -0.39 is 0 Å². The lowest BCUT2D eigenvalue weighted by Crippen LogP contribution is -2.24. The molecule has 0 spiro atoms. The van der Waals surface area contributed by atoms with Crippen LogP contribution < -0.4 is 0 Å². The first kappa shape index (κ1) is 11.4. The van der Waals surface area contributed by atoms with Crippen LogP contribution in [0.2, 0.25) is 0 Å². The van der Waals surface area contributed by atoms with Gasteiger partial charge in [0.05, 0.1) is 0 Å². The Morgan fingerprint density at radius 1 is 1.27 bits per heavy atom. The average molecular weight is 172 g/mol. The van der Waals surface area contributed by atoms with Gasteiger partial charge in [0.25, 0.3) is 0 Å². The summed E-state index contributed by atoms with van der Waals surface area (Å²) < 4.78 is 0. The predicted molar refractivity (Wildman–Crippen MR) is 58.8 cm³/mol. The molecule has 0 aliphatic heterocycles. The normalized spacial score (nSPS) is 15.5. The maximum Gasteiger partial charge on any atom is 0.174 e. The van der Waals surface area contributed by atoms with Crippen LogP contribution in [0.25, 0.3) is 0 Å². The molecule has 0 heterocycles. The monoisotopic (exact) mass is 172 g/mol. The topological polar surface area (TPSA) is 0 Å². The molecule has 0 aliphatic carbocycles. The van der Waals surface area contributed by atoms with Crippen LogP contribution in [0.3, 0.4) is 0 Å². The van der Waals surface area contributed by atoms with Crippen molar-refractivity contribution in [1.82, 2.24) is 0 Å². The van der Waals surface area contributed by atoms with Gasteiger partial charge in [-0.25, -0.2) is 11.6 Å². The van der Waals surface area contributed by atoms with E-state index in [1.807, 2.05) is 11.6 Å². The second-order valence-electron chi connectivity index (χ2n) is 4.72. The molecule has 0 aromatic heterocycles. The van der Waals surface area contributed by atoms with Crippen molar-refractivity contribution < 1.29 is 0 Å². The zero-order chi connectivity index (χ0) is 9.07. The van der Waals surface area contributed by atoms with Gasteiger partial charge in [0, 0.05) is 0 Å². The quantitative estimate of drug-likeness (QED) is 0.590. The van der Waals surface area contributed by atoms with Crippen LogP contribution in [0, 0.1) is 11.3 Å². The first-order valence-corrected chi connectivity index (χ1v) is 5.69. The summed E-state index contributed by atoms with van der Waals surface area (Å²) in [5, 5.41) is 0.808. The Labute approximate surface area is 76.8 Å². The molecule has 0 radical (unpaired) electrons. The number of rotatable bonds is 3. The fraction of sp³-hybridized carbons (Fsp3) is 1.00. The van der Waals surface area contributed by atoms with E-state index in [2.05, 4.69) is 41.7 Å². The van der Waals surface area contributed by atoms with Gasteiger partial charge in [0.1, 0.15) is 0 Å². The predicted octanol–water partition coefficient (Wildman–Crippen LogP) is 2.73. The molecule has 1 unspecified atom stereocenters. The minimum Gasteiger partial charge on any atom is -0.216 e. The molecule has 0 rings (SSSR count). The molecule has 0 saturated carbocycles. The average Bonchev–Trinajstić information content (AvgIpc) is 1.79. The Balaban J connectivity index is 3.96. The van der Waals surface area contributed by atoms with Crippen LogP contribution in [0.15, 0.2) is 0 Å². The van der Waals surface area contributed by atoms with Crippen LogP contribution >= 0.6 is 11.6 Å². The molecule has 0 bridgehead atoms. The third kappa shape index (κ3) is 4.78. The smallest absolute Gasteiger partial charge is 0.174 e. The third-order valence-corrected chi connectivity index (χ3v) is 3.40. The minimum atomic E-state index is 0.462. The summed E-state index contributed by atoms with van der Waals surface area (Å²) in [5.74, 6) is 0.826. The molecule has 0 N–H and O–H groups in total. The van der Waals surface area contributed by atoms with Gasteiger partial charge >= 0.3 is 0 Å². The lowest BCUT2D eigenvalue weighted by molar-refractivity contribution is 0.353. The van der Waals surface area contributed by atoms with Crippen molar-refractivity contribution >= 4 is 18.7 Å². The van der Waals surface area contributed by atoms with Crippen LogP contribution in [0.1, 0.15) is 41.0 Å². The minimum absolute atomic E-state index is 0.462. The van der Waals surface area contributed by atoms with E-state index in [0.29, 0.717) is 5.41 Å². The van der Waals surface area contributed by atoms with E-state index >= 15 is 0 Å². The molecular formula is C9H21BS. The van der Waals surface area contributed by atoms with Crippen molar-refractivity contribution in [1.29, 1.82) is 0 Å². The maximum atomic E-state index is 2.33. The highest BCUT2D eigenvalue weighted by Gasteiger charge is 2.23. The molecular weight excluding hydrogens is 151 g/mol. The first-order valence-electron chi connectivity index (χ1n) is 4.40. The molecule has 0 amide bonds. The van der Waals surface area contributed by atoms with Gasteiger partial charge in [-0.05, 0) is 23.0 Å². The van der Waals surface area contributed by atoms with Gasteiger partial charge in [0.2, 0.25) is 0 Å². The van der Waals surface area contributed by atoms with Gasteiger partial charge < -0.3 is 0 Å². The summed E-state index contributed by atoms with van der Waals surface area (Å²) in [7, 11) is 2.22. The van der Waals surface area contributed by atoms with E-state index in [-0.39, 0.29) is 0 Å². The van der Waals surface area contributed by atoms with Gasteiger partial charge in [-0.15, -0.1) is 0 Å². The summed E-state index contributed by atoms with van der Waals surface area (Å²) >= 11 is 2.01. The molecule has 0 nitrogen and oxygen atoms in total. The van der Waals surface area contributed by atoms with Gasteiger partial charge in [-0.1, -0.05) is 34.6 Å². The maximum absolute atomic E-state index is 2.33. The first-order chi connectivity index (χ1) is 4.88. The summed E-state index contributed by atoms with van der Waals surface area (Å²) in [4.78, 5) is 0. The molecule has 1 atom stereocenters. The largest absolute Gasteiger partial charge is 0.216 e. The van der Waals surface area contributed by atoms with Crippen molar-refractivity contribution in [3.05, 3.63) is 0 Å². The Kier molecular flexibility index (Phi) is 4.61. The van der Waals surface area contributed by atoms with Crippen LogP contribution in [-0.2, 0) is 0 Å². The molecule has 2 heteroatoms. The highest BCUT2D eigenvalue weighted by molar-refractivity contribution is 8.20. The van der Waals surface area contributed by atoms with Crippen LogP contribution in [0.4, 0.5) is 0 Å². The summed E-state index contributed by atoms with van der Waals surface area (Å²) in [5.41, 5.74) is 0.462. The van der Waals surface area contributed by atoms with E-state index in [4.69, 9.17) is 0 Å². The second kappa shape index (κ2) is 4.44. The Hall–Kier alpha value is 0.415. The zero-order valence-corrected chi connectivity index (χ0v) is 9.59. The molecule has 0 aromatic rings. The Morgan fingerprint density at radius 2 is 1.73 bits per heavy atom. The summed E-state index contributed by atoms with van der Waals surface area (Å²) in [6.45, 7) is 11.6. The van der Waals surface area contributed by atoms with Crippen molar-refractivity contribution in [2.45, 2.75) is 46.3 Å². The molecule has 0 aromatic carbocycles. The molecule has 0 aliphatic rings. The SMILES string of the molecule is BSC(CC(C)C)C(C)(C)C. The van der Waals surface area contributed by atoms with E-state index in [0.717, 1.165) is 11.2 Å². The van der Waals surface area contributed by atoms with Gasteiger partial charge in [-0.3, -0.25) is 0 Å². The highest BCUT2D eigenvalue weighted by Crippen LogP contribution is 2.32. The number of hydrogen-bond donors (Lipinski definition) is 0. The fourth-order valence-corrected chi connectivity index (χ4v) is 2.52. The van der Waals surface area contributed by atoms with E-state index in [1.54, 1.807) is 0 Å². The van der Waals surface area contributed by atoms with Crippen molar-refractivity contribution in [3.63, 3.8) is 0 Å². The highest BCUT2D eigenvalue weighted by atomic mass is 32.2. The Morgan fingerprint density at radius 3 is 1.82 bits per heavy atom. The zero-order valence-electron chi connectivity index (χ0n) is 8.77. The van der Waals surface area contributed by atoms with E-state index in [1.165, 1.54) is 6.42 Å². The standard InChI is InChI=1S/C9H21BS/c1-7(2)6-8(11-10)9(3,4)5/h7-8H,6,10H2,1-5H3. The second-order valence-corrected chi connectivity index (χ2v) is 5.76. The van der Waals surface area contributed by atoms with E-state index in [9.17, 15) is 0 Å². The Bertz CT molecular complexity index is 105. The van der Waals surface area contributed by atoms with Crippen LogP contribution in [0.5, 0.6) is 0 Å². The van der Waals surface area contributed by atoms with Crippen molar-refractivity contribution in [2.75, 3.05) is 0 Å².